The summed E-state index contributed by atoms with van der Waals surface area (Å²) in [5.41, 5.74) is 1.48. The average Bonchev–Trinajstić information content (AvgIpc) is 3.38. The van der Waals surface area contributed by atoms with Gasteiger partial charge in [-0.2, -0.15) is 0 Å². The van der Waals surface area contributed by atoms with E-state index in [1.165, 1.54) is 11.1 Å². The Morgan fingerprint density at radius 2 is 2.12 bits per heavy atom. The predicted molar refractivity (Wildman–Crippen MR) is 117 cm³/mol. The zero-order valence-electron chi connectivity index (χ0n) is 18.2. The van der Waals surface area contributed by atoms with Gasteiger partial charge in [0.15, 0.2) is 11.5 Å². The van der Waals surface area contributed by atoms with Crippen LogP contribution in [0.1, 0.15) is 35.8 Å². The first-order valence-corrected chi connectivity index (χ1v) is 10.9. The number of nitrogens with one attached hydrogen (secondary N) is 1. The number of nitrogens with zero attached hydrogens (tertiary/aromatic N) is 2. The molecule has 8 nitrogen and oxygen atoms in total. The number of aromatic nitrogens is 2. The molecule has 1 N–H and O–H groups in total. The number of aromatic amines is 1. The number of hydrogen-bond donors (Lipinski definition) is 1. The van der Waals surface area contributed by atoms with Gasteiger partial charge in [-0.05, 0) is 44.5 Å². The topological polar surface area (TPSA) is 89.8 Å². The molecule has 2 fully saturated rings. The van der Waals surface area contributed by atoms with Gasteiger partial charge in [-0.1, -0.05) is 18.2 Å². The van der Waals surface area contributed by atoms with E-state index in [0.29, 0.717) is 11.9 Å². The summed E-state index contributed by atoms with van der Waals surface area (Å²) in [5, 5.41) is 6.67. The monoisotopic (exact) mass is 459 g/mol. The van der Waals surface area contributed by atoms with E-state index < -0.39 is 11.4 Å². The number of piperidine rings is 1. The quantitative estimate of drug-likeness (QED) is 0.703. The summed E-state index contributed by atoms with van der Waals surface area (Å²) in [6, 6.07) is 4.55. The predicted octanol–water partition coefficient (Wildman–Crippen LogP) is 2.18. The van der Waals surface area contributed by atoms with Crippen LogP contribution in [0.5, 0.6) is 11.5 Å². The highest BCUT2D eigenvalue weighted by Crippen LogP contribution is 2.75. The molecule has 4 aliphatic carbocycles. The van der Waals surface area contributed by atoms with Gasteiger partial charge in [0.2, 0.25) is 5.89 Å². The molecule has 8 rings (SSSR count). The van der Waals surface area contributed by atoms with Crippen molar-refractivity contribution in [2.75, 3.05) is 27.8 Å². The van der Waals surface area contributed by atoms with E-state index in [2.05, 4.69) is 40.4 Å². The SMILES string of the molecule is COc1ccc2c3c1O[C@H]1[C@@]4(OC)C=CC5(C[C@@H]4c4n[nH]c(=O)o4)C(C2)N(C)CC[C@]315.Cl. The van der Waals surface area contributed by atoms with Gasteiger partial charge in [0.25, 0.3) is 0 Å². The van der Waals surface area contributed by atoms with E-state index >= 15 is 0 Å². The van der Waals surface area contributed by atoms with E-state index in [0.717, 1.165) is 37.3 Å². The number of fused-ring (bicyclic) bond motifs is 1. The van der Waals surface area contributed by atoms with Gasteiger partial charge in [-0.15, -0.1) is 17.5 Å². The summed E-state index contributed by atoms with van der Waals surface area (Å²) in [7, 11) is 5.63. The molecule has 1 aromatic carbocycles. The lowest BCUT2D eigenvalue weighted by Crippen LogP contribution is -2.78. The molecule has 0 amide bonds. The van der Waals surface area contributed by atoms with Crippen LogP contribution in [0.25, 0.3) is 0 Å². The summed E-state index contributed by atoms with van der Waals surface area (Å²) in [5.74, 6) is 1.24. The third kappa shape index (κ3) is 1.91. The zero-order valence-corrected chi connectivity index (χ0v) is 19.0. The summed E-state index contributed by atoms with van der Waals surface area (Å²) < 4.78 is 24.4. The van der Waals surface area contributed by atoms with E-state index in [1.54, 1.807) is 14.2 Å². The fraction of sp³-hybridized carbons (Fsp3) is 0.565. The molecule has 6 aliphatic rings. The van der Waals surface area contributed by atoms with E-state index in [1.807, 2.05) is 6.07 Å². The second-order valence-electron chi connectivity index (χ2n) is 9.69. The third-order valence-corrected chi connectivity index (χ3v) is 9.03. The maximum absolute atomic E-state index is 11.8. The van der Waals surface area contributed by atoms with Crippen LogP contribution in [0.3, 0.4) is 0 Å². The summed E-state index contributed by atoms with van der Waals surface area (Å²) in [4.78, 5) is 14.3. The number of hydrogen-bond acceptors (Lipinski definition) is 7. The molecule has 2 aromatic rings. The molecule has 0 radical (unpaired) electrons. The van der Waals surface area contributed by atoms with Crippen molar-refractivity contribution in [3.8, 4) is 11.5 Å². The largest absolute Gasteiger partial charge is 0.493 e. The highest BCUT2D eigenvalue weighted by Gasteiger charge is 2.79. The molecular formula is C23H26ClN3O5. The van der Waals surface area contributed by atoms with Crippen LogP contribution in [0.4, 0.5) is 0 Å². The molecule has 4 bridgehead atoms. The molecule has 1 aromatic heterocycles. The number of rotatable bonds is 3. The number of H-pyrrole nitrogens is 1. The first-order valence-electron chi connectivity index (χ1n) is 10.9. The Bertz CT molecular complexity index is 1210. The second-order valence-corrected chi connectivity index (χ2v) is 9.69. The van der Waals surface area contributed by atoms with Crippen LogP contribution in [0.15, 0.2) is 33.5 Å². The van der Waals surface area contributed by atoms with Crippen LogP contribution in [-0.4, -0.2) is 60.7 Å². The van der Waals surface area contributed by atoms with Gasteiger partial charge >= 0.3 is 5.76 Å². The zero-order chi connectivity index (χ0) is 21.2. The molecule has 1 saturated carbocycles. The van der Waals surface area contributed by atoms with Crippen molar-refractivity contribution < 1.29 is 18.6 Å². The Kier molecular flexibility index (Phi) is 3.93. The Balaban J connectivity index is 0.00000196. The van der Waals surface area contributed by atoms with Crippen molar-refractivity contribution in [2.45, 2.75) is 48.3 Å². The minimum absolute atomic E-state index is 0. The maximum Gasteiger partial charge on any atom is 0.434 e. The number of likely N-dealkylation sites (N-methyl/N-ethyl adjacent to an activating group) is 1. The summed E-state index contributed by atoms with van der Waals surface area (Å²) >= 11 is 0. The van der Waals surface area contributed by atoms with Crippen molar-refractivity contribution in [1.82, 2.24) is 15.1 Å². The van der Waals surface area contributed by atoms with Crippen LogP contribution in [-0.2, 0) is 16.6 Å². The van der Waals surface area contributed by atoms with Crippen LogP contribution in [0.2, 0.25) is 0 Å². The van der Waals surface area contributed by atoms with Gasteiger partial charge in [0.1, 0.15) is 11.7 Å². The molecule has 170 valence electrons. The van der Waals surface area contributed by atoms with Crippen LogP contribution >= 0.6 is 12.4 Å². The minimum Gasteiger partial charge on any atom is -0.493 e. The van der Waals surface area contributed by atoms with Gasteiger partial charge in [0, 0.05) is 24.1 Å². The van der Waals surface area contributed by atoms with Gasteiger partial charge < -0.3 is 23.5 Å². The van der Waals surface area contributed by atoms with Gasteiger partial charge in [0.05, 0.1) is 18.4 Å². The molecule has 1 saturated heterocycles. The smallest absolute Gasteiger partial charge is 0.434 e. The van der Waals surface area contributed by atoms with Crippen molar-refractivity contribution in [3.63, 3.8) is 0 Å². The fourth-order valence-electron chi connectivity index (χ4n) is 7.88. The van der Waals surface area contributed by atoms with Crippen molar-refractivity contribution >= 4 is 12.4 Å². The van der Waals surface area contributed by atoms with Crippen molar-refractivity contribution in [3.05, 3.63) is 51.9 Å². The lowest BCUT2D eigenvalue weighted by molar-refractivity contribution is -0.200. The van der Waals surface area contributed by atoms with Gasteiger partial charge in [-0.3, -0.25) is 0 Å². The number of methoxy groups -OCH3 is 2. The molecule has 2 unspecified atom stereocenters. The van der Waals surface area contributed by atoms with E-state index in [9.17, 15) is 4.79 Å². The molecule has 3 heterocycles. The first kappa shape index (κ1) is 20.3. The summed E-state index contributed by atoms with van der Waals surface area (Å²) in [6.07, 6.45) is 7.00. The number of halogens is 1. The molecule has 2 spiro atoms. The maximum atomic E-state index is 11.8. The minimum atomic E-state index is -0.786. The molecule has 6 atom stereocenters. The van der Waals surface area contributed by atoms with E-state index in [4.69, 9.17) is 18.6 Å². The molecule has 2 aliphatic heterocycles. The van der Waals surface area contributed by atoms with Crippen molar-refractivity contribution in [1.29, 1.82) is 0 Å². The Hall–Kier alpha value is -2.29. The lowest BCUT2D eigenvalue weighted by Gasteiger charge is -2.70. The highest BCUT2D eigenvalue weighted by molar-refractivity contribution is 5.85. The summed E-state index contributed by atoms with van der Waals surface area (Å²) in [6.45, 7) is 0.998. The number of benzene rings is 1. The number of likely N-dealkylation sites (tertiary alicyclic amines) is 1. The second kappa shape index (κ2) is 6.18. The standard InChI is InChI=1S/C23H25N3O5.ClH/c1-26-9-8-22-16-12-4-5-14(28-2)17(16)30-19(22)23(29-3)7-6-21(22,15(26)10-12)11-13(23)18-24-25-20(27)31-18;/h4-7,13,15,19H,8-11H2,1-3H3,(H,25,27);1H/t13-,15?,19-,21?,22+,23-;/m1./s1. The van der Waals surface area contributed by atoms with Crippen LogP contribution < -0.4 is 15.2 Å². The highest BCUT2D eigenvalue weighted by atomic mass is 35.5. The fourth-order valence-corrected chi connectivity index (χ4v) is 7.88. The first-order chi connectivity index (χ1) is 15.0. The Morgan fingerprint density at radius 3 is 2.84 bits per heavy atom. The number of ether oxygens (including phenoxy) is 3. The normalized spacial score (nSPS) is 39.9. The van der Waals surface area contributed by atoms with Crippen molar-refractivity contribution in [2.24, 2.45) is 5.41 Å². The van der Waals surface area contributed by atoms with E-state index in [-0.39, 0.29) is 35.3 Å². The Morgan fingerprint density at radius 1 is 1.28 bits per heavy atom. The molecular weight excluding hydrogens is 434 g/mol. The molecule has 9 heteroatoms. The third-order valence-electron chi connectivity index (χ3n) is 9.03. The average molecular weight is 460 g/mol. The van der Waals surface area contributed by atoms with Crippen LogP contribution in [0, 0.1) is 5.41 Å². The van der Waals surface area contributed by atoms with Gasteiger partial charge in [-0.25, -0.2) is 9.89 Å². The molecule has 32 heavy (non-hydrogen) atoms. The Labute approximate surface area is 191 Å². The lowest BCUT2D eigenvalue weighted by atomic mass is 9.37.